The van der Waals surface area contributed by atoms with Crippen molar-refractivity contribution in [2.75, 3.05) is 13.1 Å². The topological polar surface area (TPSA) is 50.2 Å². The third-order valence-corrected chi connectivity index (χ3v) is 4.49. The van der Waals surface area contributed by atoms with E-state index in [0.717, 1.165) is 25.9 Å². The van der Waals surface area contributed by atoms with Crippen LogP contribution in [0.1, 0.15) is 24.8 Å². The highest BCUT2D eigenvalue weighted by Crippen LogP contribution is 2.18. The Kier molecular flexibility index (Phi) is 5.59. The number of aromatic nitrogens is 2. The van der Waals surface area contributed by atoms with Gasteiger partial charge in [0.25, 0.3) is 0 Å². The highest BCUT2D eigenvalue weighted by molar-refractivity contribution is 5.78. The molecule has 2 heterocycles. The summed E-state index contributed by atoms with van der Waals surface area (Å²) in [5.74, 6) is -0.349. The lowest BCUT2D eigenvalue weighted by Crippen LogP contribution is -2.47. The van der Waals surface area contributed by atoms with Gasteiger partial charge in [-0.25, -0.2) is 4.39 Å². The summed E-state index contributed by atoms with van der Waals surface area (Å²) in [6.07, 6.45) is 7.08. The predicted octanol–water partition coefficient (Wildman–Crippen LogP) is 2.19. The molecule has 1 aliphatic rings. The minimum Gasteiger partial charge on any atom is -0.351 e. The van der Waals surface area contributed by atoms with Crippen LogP contribution in [0.4, 0.5) is 4.39 Å². The Balaban J connectivity index is 1.52. The zero-order valence-electron chi connectivity index (χ0n) is 13.7. The molecule has 0 bridgehead atoms. The molecule has 1 unspecified atom stereocenters. The second-order valence-electron chi connectivity index (χ2n) is 6.22. The molecule has 5 nitrogen and oxygen atoms in total. The molecule has 0 spiro atoms. The second kappa shape index (κ2) is 8.06. The molecule has 1 N–H and O–H groups in total. The molecule has 0 aliphatic carbocycles. The van der Waals surface area contributed by atoms with Crippen molar-refractivity contribution < 1.29 is 9.18 Å². The van der Waals surface area contributed by atoms with Gasteiger partial charge in [0.05, 0.1) is 13.1 Å². The Labute approximate surface area is 141 Å². The van der Waals surface area contributed by atoms with Gasteiger partial charge in [-0.1, -0.05) is 24.6 Å². The highest BCUT2D eigenvalue weighted by atomic mass is 19.1. The fourth-order valence-electron chi connectivity index (χ4n) is 3.18. The number of nitrogens with zero attached hydrogens (tertiary/aromatic N) is 3. The lowest BCUT2D eigenvalue weighted by Gasteiger charge is -2.35. The fourth-order valence-corrected chi connectivity index (χ4v) is 3.18. The van der Waals surface area contributed by atoms with Gasteiger partial charge in [0.1, 0.15) is 5.82 Å². The van der Waals surface area contributed by atoms with E-state index in [1.54, 1.807) is 24.4 Å². The van der Waals surface area contributed by atoms with Crippen LogP contribution in [0.15, 0.2) is 42.7 Å². The maximum absolute atomic E-state index is 13.6. The number of piperidine rings is 1. The average Bonchev–Trinajstić information content (AvgIpc) is 3.09. The summed E-state index contributed by atoms with van der Waals surface area (Å²) in [6, 6.07) is 8.75. The van der Waals surface area contributed by atoms with Crippen molar-refractivity contribution in [2.24, 2.45) is 0 Å². The molecule has 1 aliphatic heterocycles. The van der Waals surface area contributed by atoms with Gasteiger partial charge < -0.3 is 5.32 Å². The van der Waals surface area contributed by atoms with Gasteiger partial charge in [0, 0.05) is 30.5 Å². The van der Waals surface area contributed by atoms with E-state index in [0.29, 0.717) is 18.2 Å². The fraction of sp³-hybridized carbons (Fsp3) is 0.444. The Morgan fingerprint density at radius 3 is 2.96 bits per heavy atom. The Hall–Kier alpha value is -2.21. The number of halogens is 1. The largest absolute Gasteiger partial charge is 0.351 e. The van der Waals surface area contributed by atoms with E-state index in [-0.39, 0.29) is 18.3 Å². The van der Waals surface area contributed by atoms with Crippen LogP contribution in [-0.4, -0.2) is 39.7 Å². The molecule has 1 fully saturated rings. The van der Waals surface area contributed by atoms with E-state index >= 15 is 0 Å². The Morgan fingerprint density at radius 2 is 2.17 bits per heavy atom. The molecular formula is C18H23FN4O. The molecule has 0 saturated carbocycles. The Bertz CT molecular complexity index is 659. The van der Waals surface area contributed by atoms with Gasteiger partial charge in [0.2, 0.25) is 5.91 Å². The van der Waals surface area contributed by atoms with Crippen LogP contribution in [0, 0.1) is 5.82 Å². The van der Waals surface area contributed by atoms with Crippen molar-refractivity contribution in [3.63, 3.8) is 0 Å². The first-order valence-corrected chi connectivity index (χ1v) is 8.44. The molecule has 1 saturated heterocycles. The van der Waals surface area contributed by atoms with Crippen molar-refractivity contribution in [2.45, 2.75) is 38.4 Å². The van der Waals surface area contributed by atoms with E-state index in [9.17, 15) is 9.18 Å². The molecule has 0 radical (unpaired) electrons. The smallest absolute Gasteiger partial charge is 0.234 e. The zero-order chi connectivity index (χ0) is 16.8. The van der Waals surface area contributed by atoms with Gasteiger partial charge >= 0.3 is 0 Å². The molecule has 2 aromatic rings. The van der Waals surface area contributed by atoms with E-state index in [2.05, 4.69) is 15.3 Å². The summed E-state index contributed by atoms with van der Waals surface area (Å²) >= 11 is 0. The summed E-state index contributed by atoms with van der Waals surface area (Å²) in [6.45, 7) is 2.29. The maximum Gasteiger partial charge on any atom is 0.234 e. The molecule has 24 heavy (non-hydrogen) atoms. The summed E-state index contributed by atoms with van der Waals surface area (Å²) in [7, 11) is 0. The molecule has 6 heteroatoms. The van der Waals surface area contributed by atoms with Crippen molar-refractivity contribution in [1.82, 2.24) is 20.0 Å². The zero-order valence-corrected chi connectivity index (χ0v) is 13.7. The normalized spacial score (nSPS) is 18.5. The third kappa shape index (κ3) is 4.41. The van der Waals surface area contributed by atoms with Gasteiger partial charge in [-0.15, -0.1) is 0 Å². The lowest BCUT2D eigenvalue weighted by atomic mass is 10.0. The number of carbonyl (C=O) groups is 1. The predicted molar refractivity (Wildman–Crippen MR) is 89.7 cm³/mol. The van der Waals surface area contributed by atoms with Crippen molar-refractivity contribution in [3.8, 4) is 0 Å². The van der Waals surface area contributed by atoms with Gasteiger partial charge in [-0.05, 0) is 31.5 Å². The lowest BCUT2D eigenvalue weighted by molar-refractivity contribution is -0.123. The molecule has 128 valence electrons. The number of benzene rings is 1. The SMILES string of the molecule is O=C(CN1CCCCC1Cn1cccn1)NCc1ccccc1F. The highest BCUT2D eigenvalue weighted by Gasteiger charge is 2.24. The average molecular weight is 330 g/mol. The quantitative estimate of drug-likeness (QED) is 0.883. The minimum atomic E-state index is -0.285. The van der Waals surface area contributed by atoms with Crippen molar-refractivity contribution >= 4 is 5.91 Å². The standard InChI is InChI=1S/C18H23FN4O/c19-17-8-2-1-6-15(17)12-20-18(24)14-22-10-4-3-7-16(22)13-23-11-5-9-21-23/h1-2,5-6,8-9,11,16H,3-4,7,10,12-14H2,(H,20,24). The minimum absolute atomic E-state index is 0.0642. The second-order valence-corrected chi connectivity index (χ2v) is 6.22. The maximum atomic E-state index is 13.6. The Morgan fingerprint density at radius 1 is 1.29 bits per heavy atom. The van der Waals surface area contributed by atoms with E-state index in [1.807, 2.05) is 16.9 Å². The number of likely N-dealkylation sites (tertiary alicyclic amines) is 1. The van der Waals surface area contributed by atoms with Gasteiger partial charge in [-0.2, -0.15) is 5.10 Å². The number of hydrogen-bond donors (Lipinski definition) is 1. The molecular weight excluding hydrogens is 307 g/mol. The van der Waals surface area contributed by atoms with Crippen LogP contribution in [-0.2, 0) is 17.9 Å². The number of nitrogens with one attached hydrogen (secondary N) is 1. The molecule has 1 aromatic heterocycles. The first kappa shape index (κ1) is 16.6. The molecule has 1 atom stereocenters. The number of carbonyl (C=O) groups excluding carboxylic acids is 1. The third-order valence-electron chi connectivity index (χ3n) is 4.49. The summed E-state index contributed by atoms with van der Waals surface area (Å²) in [5, 5.41) is 7.08. The summed E-state index contributed by atoms with van der Waals surface area (Å²) < 4.78 is 15.5. The van der Waals surface area contributed by atoms with Crippen LogP contribution in [0.2, 0.25) is 0 Å². The monoisotopic (exact) mass is 330 g/mol. The van der Waals surface area contributed by atoms with Crippen molar-refractivity contribution in [1.29, 1.82) is 0 Å². The van der Waals surface area contributed by atoms with Crippen LogP contribution in [0.3, 0.4) is 0 Å². The molecule has 3 rings (SSSR count). The van der Waals surface area contributed by atoms with Crippen LogP contribution < -0.4 is 5.32 Å². The van der Waals surface area contributed by atoms with E-state index in [4.69, 9.17) is 0 Å². The summed E-state index contributed by atoms with van der Waals surface area (Å²) in [5.41, 5.74) is 0.512. The first-order valence-electron chi connectivity index (χ1n) is 8.44. The van der Waals surface area contributed by atoms with Gasteiger partial charge in [0.15, 0.2) is 0 Å². The number of rotatable bonds is 6. The number of amides is 1. The first-order chi connectivity index (χ1) is 11.7. The summed E-state index contributed by atoms with van der Waals surface area (Å²) in [4.78, 5) is 14.5. The molecule has 1 amide bonds. The van der Waals surface area contributed by atoms with Crippen LogP contribution >= 0.6 is 0 Å². The van der Waals surface area contributed by atoms with Crippen LogP contribution in [0.5, 0.6) is 0 Å². The van der Waals surface area contributed by atoms with E-state index < -0.39 is 0 Å². The number of hydrogen-bond acceptors (Lipinski definition) is 3. The molecule has 1 aromatic carbocycles. The van der Waals surface area contributed by atoms with Crippen LogP contribution in [0.25, 0.3) is 0 Å². The van der Waals surface area contributed by atoms with Gasteiger partial charge in [-0.3, -0.25) is 14.4 Å². The van der Waals surface area contributed by atoms with Crippen molar-refractivity contribution in [3.05, 3.63) is 54.1 Å². The van der Waals surface area contributed by atoms with E-state index in [1.165, 1.54) is 12.5 Å².